The summed E-state index contributed by atoms with van der Waals surface area (Å²) in [5.74, 6) is -1.54. The van der Waals surface area contributed by atoms with Gasteiger partial charge in [0.05, 0.1) is 18.8 Å². The van der Waals surface area contributed by atoms with Crippen LogP contribution in [0.3, 0.4) is 0 Å². The lowest BCUT2D eigenvalue weighted by Gasteiger charge is -2.35. The van der Waals surface area contributed by atoms with Gasteiger partial charge in [0, 0.05) is 25.2 Å². The molecule has 0 aromatic carbocycles. The zero-order valence-corrected chi connectivity index (χ0v) is 9.00. The quantitative estimate of drug-likeness (QED) is 0.621. The first-order chi connectivity index (χ1) is 7.52. The summed E-state index contributed by atoms with van der Waals surface area (Å²) in [7, 11) is 0. The van der Waals surface area contributed by atoms with Crippen LogP contribution in [0.15, 0.2) is 12.2 Å². The lowest BCUT2D eigenvalue weighted by atomic mass is 10.2. The minimum Gasteiger partial charge on any atom is -0.478 e. The number of hydrogen-bond donors (Lipinski definition) is 2. The molecule has 2 atom stereocenters. The van der Waals surface area contributed by atoms with Gasteiger partial charge in [-0.25, -0.2) is 4.79 Å². The van der Waals surface area contributed by atoms with E-state index in [9.17, 15) is 9.59 Å². The van der Waals surface area contributed by atoms with E-state index in [1.165, 1.54) is 4.90 Å². The summed E-state index contributed by atoms with van der Waals surface area (Å²) in [4.78, 5) is 23.3. The Balaban J connectivity index is 2.58. The predicted octanol–water partition coefficient (Wildman–Crippen LogP) is -0.765. The summed E-state index contributed by atoms with van der Waals surface area (Å²) in [5.41, 5.74) is 0. The second kappa shape index (κ2) is 5.62. The number of rotatable bonds is 3. The second-order valence-corrected chi connectivity index (χ2v) is 3.67. The highest BCUT2D eigenvalue weighted by atomic mass is 16.5. The van der Waals surface area contributed by atoms with Crippen LogP contribution in [0.4, 0.5) is 0 Å². The molecule has 1 fully saturated rings. The molecule has 2 N–H and O–H groups in total. The number of morpholine rings is 1. The molecule has 0 radical (unpaired) electrons. The smallest absolute Gasteiger partial charge is 0.328 e. The van der Waals surface area contributed by atoms with E-state index in [-0.39, 0.29) is 25.2 Å². The molecule has 90 valence electrons. The van der Waals surface area contributed by atoms with E-state index in [1.807, 2.05) is 0 Å². The van der Waals surface area contributed by atoms with Crippen molar-refractivity contribution in [1.29, 1.82) is 0 Å². The molecule has 0 aliphatic carbocycles. The van der Waals surface area contributed by atoms with Gasteiger partial charge in [-0.05, 0) is 6.92 Å². The summed E-state index contributed by atoms with van der Waals surface area (Å²) >= 11 is 0. The summed E-state index contributed by atoms with van der Waals surface area (Å²) < 4.78 is 5.36. The Labute approximate surface area is 93.1 Å². The van der Waals surface area contributed by atoms with Crippen molar-refractivity contribution in [3.8, 4) is 0 Å². The van der Waals surface area contributed by atoms with Crippen molar-refractivity contribution in [2.45, 2.75) is 19.1 Å². The average molecular weight is 229 g/mol. The molecule has 1 heterocycles. The summed E-state index contributed by atoms with van der Waals surface area (Å²) in [6.07, 6.45) is 1.25. The molecule has 0 bridgehead atoms. The number of carbonyl (C=O) groups is 2. The minimum atomic E-state index is -1.16. The second-order valence-electron chi connectivity index (χ2n) is 3.67. The van der Waals surface area contributed by atoms with Gasteiger partial charge in [0.2, 0.25) is 5.91 Å². The van der Waals surface area contributed by atoms with Crippen LogP contribution in [0.5, 0.6) is 0 Å². The Morgan fingerprint density at radius 2 is 2.12 bits per heavy atom. The molecule has 6 nitrogen and oxygen atoms in total. The molecule has 1 aliphatic rings. The Morgan fingerprint density at radius 3 is 2.69 bits per heavy atom. The monoisotopic (exact) mass is 229 g/mol. The van der Waals surface area contributed by atoms with Crippen LogP contribution < -0.4 is 0 Å². The largest absolute Gasteiger partial charge is 0.478 e. The van der Waals surface area contributed by atoms with Crippen LogP contribution in [0.2, 0.25) is 0 Å². The number of nitrogens with zero attached hydrogens (tertiary/aromatic N) is 1. The fourth-order valence-electron chi connectivity index (χ4n) is 1.57. The lowest BCUT2D eigenvalue weighted by molar-refractivity contribution is -0.142. The summed E-state index contributed by atoms with van der Waals surface area (Å²) in [6.45, 7) is 2.32. The molecule has 2 unspecified atom stereocenters. The topological polar surface area (TPSA) is 87.1 Å². The van der Waals surface area contributed by atoms with E-state index >= 15 is 0 Å². The molecule has 0 aromatic heterocycles. The number of carbonyl (C=O) groups excluding carboxylic acids is 1. The van der Waals surface area contributed by atoms with E-state index in [1.54, 1.807) is 6.92 Å². The summed E-state index contributed by atoms with van der Waals surface area (Å²) in [5, 5.41) is 17.3. The number of amides is 1. The molecule has 6 heteroatoms. The molecule has 16 heavy (non-hydrogen) atoms. The average Bonchev–Trinajstić information content (AvgIpc) is 2.24. The first-order valence-corrected chi connectivity index (χ1v) is 4.99. The maximum Gasteiger partial charge on any atom is 0.328 e. The highest BCUT2D eigenvalue weighted by Gasteiger charge is 2.26. The van der Waals surface area contributed by atoms with Crippen molar-refractivity contribution in [3.05, 3.63) is 12.2 Å². The van der Waals surface area contributed by atoms with Gasteiger partial charge in [0.25, 0.3) is 0 Å². The highest BCUT2D eigenvalue weighted by molar-refractivity contribution is 5.93. The number of aliphatic carboxylic acids is 1. The number of aliphatic hydroxyl groups is 1. The van der Waals surface area contributed by atoms with Crippen LogP contribution in [0, 0.1) is 0 Å². The molecule has 1 rings (SSSR count). The molecule has 1 aliphatic heterocycles. The van der Waals surface area contributed by atoms with Crippen molar-refractivity contribution < 1.29 is 24.5 Å². The minimum absolute atomic E-state index is 0.156. The van der Waals surface area contributed by atoms with Gasteiger partial charge in [-0.2, -0.15) is 0 Å². The number of aliphatic hydroxyl groups excluding tert-OH is 1. The van der Waals surface area contributed by atoms with Crippen molar-refractivity contribution in [3.63, 3.8) is 0 Å². The van der Waals surface area contributed by atoms with Crippen LogP contribution in [-0.2, 0) is 14.3 Å². The van der Waals surface area contributed by atoms with E-state index in [4.69, 9.17) is 14.9 Å². The molecule has 0 aromatic rings. The maximum absolute atomic E-state index is 11.5. The van der Waals surface area contributed by atoms with Gasteiger partial charge in [-0.3, -0.25) is 4.79 Å². The maximum atomic E-state index is 11.5. The zero-order valence-electron chi connectivity index (χ0n) is 9.00. The van der Waals surface area contributed by atoms with Crippen molar-refractivity contribution in [1.82, 2.24) is 4.90 Å². The van der Waals surface area contributed by atoms with Crippen LogP contribution in [0.1, 0.15) is 6.92 Å². The van der Waals surface area contributed by atoms with Gasteiger partial charge in [0.1, 0.15) is 0 Å². The number of carboxylic acids is 1. The van der Waals surface area contributed by atoms with Gasteiger partial charge < -0.3 is 19.8 Å². The fourth-order valence-corrected chi connectivity index (χ4v) is 1.57. The van der Waals surface area contributed by atoms with Gasteiger partial charge in [-0.1, -0.05) is 0 Å². The molecular formula is C10H15NO5. The Morgan fingerprint density at radius 1 is 1.44 bits per heavy atom. The lowest BCUT2D eigenvalue weighted by Crippen LogP contribution is -2.49. The molecule has 0 saturated carbocycles. The third kappa shape index (κ3) is 3.63. The standard InChI is InChI=1S/C10H15NO5/c1-7-4-11(5-8(6-12)16-7)9(13)2-3-10(14)15/h2-3,7-8,12H,4-6H2,1H3,(H,14,15)/b3-2+. The molecular weight excluding hydrogens is 214 g/mol. The van der Waals surface area contributed by atoms with Gasteiger partial charge in [0.15, 0.2) is 0 Å². The van der Waals surface area contributed by atoms with Crippen molar-refractivity contribution >= 4 is 11.9 Å². The fraction of sp³-hybridized carbons (Fsp3) is 0.600. The number of hydrogen-bond acceptors (Lipinski definition) is 4. The third-order valence-corrected chi connectivity index (χ3v) is 2.21. The van der Waals surface area contributed by atoms with Crippen molar-refractivity contribution in [2.75, 3.05) is 19.7 Å². The van der Waals surface area contributed by atoms with Crippen LogP contribution >= 0.6 is 0 Å². The van der Waals surface area contributed by atoms with Gasteiger partial charge >= 0.3 is 5.97 Å². The molecule has 1 saturated heterocycles. The predicted molar refractivity (Wildman–Crippen MR) is 54.8 cm³/mol. The van der Waals surface area contributed by atoms with E-state index < -0.39 is 12.1 Å². The van der Waals surface area contributed by atoms with E-state index in [0.717, 1.165) is 12.2 Å². The Bertz CT molecular complexity index is 302. The zero-order chi connectivity index (χ0) is 12.1. The summed E-state index contributed by atoms with van der Waals surface area (Å²) in [6, 6.07) is 0. The first kappa shape index (κ1) is 12.7. The normalized spacial score (nSPS) is 26.0. The SMILES string of the molecule is CC1CN(C(=O)/C=C/C(=O)O)CC(CO)O1. The van der Waals surface area contributed by atoms with Crippen molar-refractivity contribution in [2.24, 2.45) is 0 Å². The third-order valence-electron chi connectivity index (χ3n) is 2.21. The number of ether oxygens (including phenoxy) is 1. The van der Waals surface area contributed by atoms with E-state index in [0.29, 0.717) is 6.54 Å². The highest BCUT2D eigenvalue weighted by Crippen LogP contribution is 2.11. The first-order valence-electron chi connectivity index (χ1n) is 4.99. The van der Waals surface area contributed by atoms with Crippen LogP contribution in [-0.4, -0.2) is 58.9 Å². The van der Waals surface area contributed by atoms with Crippen LogP contribution in [0.25, 0.3) is 0 Å². The molecule has 1 amide bonds. The Hall–Kier alpha value is -1.40. The Kier molecular flexibility index (Phi) is 4.45. The van der Waals surface area contributed by atoms with Gasteiger partial charge in [-0.15, -0.1) is 0 Å². The molecule has 0 spiro atoms. The number of carboxylic acid groups (broad SMARTS) is 1. The van der Waals surface area contributed by atoms with E-state index in [2.05, 4.69) is 0 Å².